The molecule has 0 unspecified atom stereocenters. The van der Waals surface area contributed by atoms with E-state index in [4.69, 9.17) is 16.3 Å². The maximum atomic E-state index is 5.92. The van der Waals surface area contributed by atoms with Gasteiger partial charge >= 0.3 is 0 Å². The number of aromatic nitrogens is 2. The van der Waals surface area contributed by atoms with Gasteiger partial charge in [-0.15, -0.1) is 0 Å². The minimum atomic E-state index is 0.457. The lowest BCUT2D eigenvalue weighted by Crippen LogP contribution is -2.13. The van der Waals surface area contributed by atoms with Gasteiger partial charge < -0.3 is 10.1 Å². The number of para-hydroxylation sites is 1. The zero-order chi connectivity index (χ0) is 13.5. The van der Waals surface area contributed by atoms with Crippen molar-refractivity contribution >= 4 is 17.4 Å². The summed E-state index contributed by atoms with van der Waals surface area (Å²) in [6, 6.07) is 11.4. The number of ether oxygens (including phenoxy) is 1. The van der Waals surface area contributed by atoms with Crippen molar-refractivity contribution in [2.45, 2.75) is 13.3 Å². The molecule has 5 heteroatoms. The van der Waals surface area contributed by atoms with Crippen molar-refractivity contribution in [3.63, 3.8) is 0 Å². The highest BCUT2D eigenvalue weighted by Gasteiger charge is 2.01. The van der Waals surface area contributed by atoms with Crippen molar-refractivity contribution in [2.75, 3.05) is 18.5 Å². The molecule has 0 bridgehead atoms. The van der Waals surface area contributed by atoms with E-state index in [2.05, 4.69) is 15.3 Å². The minimum Gasteiger partial charge on any atom is -0.492 e. The summed E-state index contributed by atoms with van der Waals surface area (Å²) in [6.07, 6.45) is 0.760. The Morgan fingerprint density at radius 2 is 2.00 bits per heavy atom. The Hall–Kier alpha value is -1.81. The van der Waals surface area contributed by atoms with Crippen LogP contribution in [-0.4, -0.2) is 23.1 Å². The average molecular weight is 278 g/mol. The Balaban J connectivity index is 1.81. The van der Waals surface area contributed by atoms with Crippen molar-refractivity contribution in [1.29, 1.82) is 0 Å². The Kier molecular flexibility index (Phi) is 4.98. The van der Waals surface area contributed by atoms with Gasteiger partial charge in [0, 0.05) is 12.5 Å². The SMILES string of the molecule is CCc1nc(Cl)cc(NCCOc2ccccc2)n1. The molecule has 0 saturated carbocycles. The summed E-state index contributed by atoms with van der Waals surface area (Å²) in [4.78, 5) is 8.45. The summed E-state index contributed by atoms with van der Waals surface area (Å²) in [7, 11) is 0. The largest absolute Gasteiger partial charge is 0.492 e. The summed E-state index contributed by atoms with van der Waals surface area (Å²) in [5.74, 6) is 2.33. The molecule has 4 nitrogen and oxygen atoms in total. The monoisotopic (exact) mass is 277 g/mol. The Bertz CT molecular complexity index is 519. The molecule has 0 saturated heterocycles. The van der Waals surface area contributed by atoms with E-state index in [0.717, 1.165) is 23.8 Å². The molecular formula is C14H16ClN3O. The van der Waals surface area contributed by atoms with E-state index in [1.54, 1.807) is 6.07 Å². The van der Waals surface area contributed by atoms with Crippen LogP contribution in [0.1, 0.15) is 12.7 Å². The molecular weight excluding hydrogens is 262 g/mol. The number of halogens is 1. The van der Waals surface area contributed by atoms with Crippen LogP contribution in [0.15, 0.2) is 36.4 Å². The fourth-order valence-corrected chi connectivity index (χ4v) is 1.78. The molecule has 0 aliphatic carbocycles. The first-order chi connectivity index (χ1) is 9.28. The van der Waals surface area contributed by atoms with E-state index in [9.17, 15) is 0 Å². The second-order valence-corrected chi connectivity index (χ2v) is 4.32. The second kappa shape index (κ2) is 6.95. The highest BCUT2D eigenvalue weighted by Crippen LogP contribution is 2.12. The summed E-state index contributed by atoms with van der Waals surface area (Å²) in [5, 5.41) is 3.63. The number of aryl methyl sites for hydroxylation is 1. The molecule has 100 valence electrons. The van der Waals surface area contributed by atoms with Crippen molar-refractivity contribution in [2.24, 2.45) is 0 Å². The van der Waals surface area contributed by atoms with Gasteiger partial charge in [0.1, 0.15) is 29.2 Å². The number of anilines is 1. The molecule has 0 spiro atoms. The number of nitrogens with zero attached hydrogens (tertiary/aromatic N) is 2. The standard InChI is InChI=1S/C14H16ClN3O/c1-2-13-17-12(15)10-14(18-13)16-8-9-19-11-6-4-3-5-7-11/h3-7,10H,2,8-9H2,1H3,(H,16,17,18). The lowest BCUT2D eigenvalue weighted by Gasteiger charge is -2.08. The van der Waals surface area contributed by atoms with Gasteiger partial charge in [0.25, 0.3) is 0 Å². The molecule has 1 heterocycles. The first-order valence-electron chi connectivity index (χ1n) is 6.23. The Morgan fingerprint density at radius 1 is 1.21 bits per heavy atom. The van der Waals surface area contributed by atoms with E-state index in [-0.39, 0.29) is 0 Å². The first kappa shape index (κ1) is 13.6. The van der Waals surface area contributed by atoms with Crippen LogP contribution in [0.2, 0.25) is 5.15 Å². The van der Waals surface area contributed by atoms with Crippen molar-refractivity contribution in [3.8, 4) is 5.75 Å². The lowest BCUT2D eigenvalue weighted by atomic mass is 10.3. The van der Waals surface area contributed by atoms with Crippen molar-refractivity contribution in [1.82, 2.24) is 9.97 Å². The van der Waals surface area contributed by atoms with Crippen molar-refractivity contribution < 1.29 is 4.74 Å². The van der Waals surface area contributed by atoms with E-state index in [1.165, 1.54) is 0 Å². The van der Waals surface area contributed by atoms with Crippen LogP contribution in [0.25, 0.3) is 0 Å². The second-order valence-electron chi connectivity index (χ2n) is 3.93. The molecule has 1 aromatic carbocycles. The first-order valence-corrected chi connectivity index (χ1v) is 6.61. The summed E-state index contributed by atoms with van der Waals surface area (Å²) in [6.45, 7) is 3.21. The van der Waals surface area contributed by atoms with Crippen LogP contribution in [0.4, 0.5) is 5.82 Å². The predicted molar refractivity (Wildman–Crippen MR) is 76.8 cm³/mol. The number of nitrogens with one attached hydrogen (secondary N) is 1. The highest BCUT2D eigenvalue weighted by atomic mass is 35.5. The van der Waals surface area contributed by atoms with Crippen LogP contribution in [-0.2, 0) is 6.42 Å². The fourth-order valence-electron chi connectivity index (χ4n) is 1.58. The molecule has 1 aromatic heterocycles. The maximum absolute atomic E-state index is 5.92. The van der Waals surface area contributed by atoms with E-state index >= 15 is 0 Å². The molecule has 2 aromatic rings. The smallest absolute Gasteiger partial charge is 0.134 e. The quantitative estimate of drug-likeness (QED) is 0.651. The molecule has 0 fully saturated rings. The van der Waals surface area contributed by atoms with Crippen molar-refractivity contribution in [3.05, 3.63) is 47.4 Å². The van der Waals surface area contributed by atoms with Gasteiger partial charge in [-0.05, 0) is 12.1 Å². The van der Waals surface area contributed by atoms with Crippen LogP contribution < -0.4 is 10.1 Å². The normalized spacial score (nSPS) is 10.2. The van der Waals surface area contributed by atoms with Gasteiger partial charge in [-0.2, -0.15) is 0 Å². The van der Waals surface area contributed by atoms with E-state index in [1.807, 2.05) is 37.3 Å². The van der Waals surface area contributed by atoms with Crippen LogP contribution >= 0.6 is 11.6 Å². The van der Waals surface area contributed by atoms with E-state index in [0.29, 0.717) is 18.3 Å². The number of benzene rings is 1. The Labute approximate surface area is 117 Å². The van der Waals surface area contributed by atoms with Crippen LogP contribution in [0.5, 0.6) is 5.75 Å². The third-order valence-electron chi connectivity index (χ3n) is 2.48. The van der Waals surface area contributed by atoms with Crippen LogP contribution in [0.3, 0.4) is 0 Å². The van der Waals surface area contributed by atoms with E-state index < -0.39 is 0 Å². The lowest BCUT2D eigenvalue weighted by molar-refractivity contribution is 0.332. The highest BCUT2D eigenvalue weighted by molar-refractivity contribution is 6.29. The number of hydrogen-bond donors (Lipinski definition) is 1. The average Bonchev–Trinajstić information content (AvgIpc) is 2.44. The number of hydrogen-bond acceptors (Lipinski definition) is 4. The predicted octanol–water partition coefficient (Wildman–Crippen LogP) is 3.18. The number of rotatable bonds is 6. The summed E-state index contributed by atoms with van der Waals surface area (Å²) < 4.78 is 5.58. The van der Waals surface area contributed by atoms with Gasteiger partial charge in [-0.3, -0.25) is 0 Å². The molecule has 19 heavy (non-hydrogen) atoms. The zero-order valence-electron chi connectivity index (χ0n) is 10.8. The van der Waals surface area contributed by atoms with Gasteiger partial charge in [-0.1, -0.05) is 36.7 Å². The molecule has 2 rings (SSSR count). The molecule has 0 aliphatic heterocycles. The summed E-state index contributed by atoms with van der Waals surface area (Å²) >= 11 is 5.92. The molecule has 0 amide bonds. The molecule has 0 aliphatic rings. The van der Waals surface area contributed by atoms with Gasteiger partial charge in [0.2, 0.25) is 0 Å². The third kappa shape index (κ3) is 4.41. The van der Waals surface area contributed by atoms with Gasteiger partial charge in [-0.25, -0.2) is 9.97 Å². The Morgan fingerprint density at radius 3 is 2.74 bits per heavy atom. The van der Waals surface area contributed by atoms with Crippen LogP contribution in [0, 0.1) is 0 Å². The minimum absolute atomic E-state index is 0.457. The van der Waals surface area contributed by atoms with Gasteiger partial charge in [0.05, 0.1) is 6.54 Å². The maximum Gasteiger partial charge on any atom is 0.134 e. The van der Waals surface area contributed by atoms with Gasteiger partial charge in [0.15, 0.2) is 0 Å². The topological polar surface area (TPSA) is 47.0 Å². The zero-order valence-corrected chi connectivity index (χ0v) is 11.5. The molecule has 0 atom stereocenters. The summed E-state index contributed by atoms with van der Waals surface area (Å²) in [5.41, 5.74) is 0. The fraction of sp³-hybridized carbons (Fsp3) is 0.286. The third-order valence-corrected chi connectivity index (χ3v) is 2.67. The molecule has 1 N–H and O–H groups in total. The molecule has 0 radical (unpaired) electrons.